The van der Waals surface area contributed by atoms with Crippen molar-refractivity contribution in [2.75, 3.05) is 24.6 Å². The van der Waals surface area contributed by atoms with Gasteiger partial charge in [-0.25, -0.2) is 4.98 Å². The molecule has 0 aromatic carbocycles. The van der Waals surface area contributed by atoms with Crippen LogP contribution in [0.25, 0.3) is 5.65 Å². The quantitative estimate of drug-likeness (QED) is 0.701. The zero-order valence-electron chi connectivity index (χ0n) is 13.9. The summed E-state index contributed by atoms with van der Waals surface area (Å²) in [6.07, 6.45) is -0.0359. The monoisotopic (exact) mass is 345 g/mol. The van der Waals surface area contributed by atoms with E-state index in [4.69, 9.17) is 9.72 Å². The Kier molecular flexibility index (Phi) is 3.69. The molecule has 0 saturated carbocycles. The lowest BCUT2D eigenvalue weighted by Gasteiger charge is -2.32. The van der Waals surface area contributed by atoms with E-state index in [1.807, 2.05) is 12.1 Å². The van der Waals surface area contributed by atoms with E-state index >= 15 is 0 Å². The molecule has 0 amide bonds. The predicted molar refractivity (Wildman–Crippen MR) is 90.3 cm³/mol. The first-order valence-electron chi connectivity index (χ1n) is 7.88. The van der Waals surface area contributed by atoms with Crippen molar-refractivity contribution in [1.82, 2.24) is 30.2 Å². The Hall–Kier alpha value is -2.13. The van der Waals surface area contributed by atoms with Crippen LogP contribution in [-0.2, 0) is 10.2 Å². The fourth-order valence-electron chi connectivity index (χ4n) is 2.60. The summed E-state index contributed by atoms with van der Waals surface area (Å²) in [6, 6.07) is 3.81. The number of anilines is 1. The molecule has 24 heavy (non-hydrogen) atoms. The molecule has 0 aliphatic carbocycles. The van der Waals surface area contributed by atoms with E-state index < -0.39 is 0 Å². The van der Waals surface area contributed by atoms with Gasteiger partial charge in [-0.1, -0.05) is 20.8 Å². The molecule has 0 bridgehead atoms. The number of tetrazole rings is 1. The van der Waals surface area contributed by atoms with Gasteiger partial charge in [0, 0.05) is 17.3 Å². The molecule has 0 spiro atoms. The number of rotatable bonds is 2. The third-order valence-corrected chi connectivity index (χ3v) is 4.95. The molecule has 1 aliphatic rings. The first kappa shape index (κ1) is 15.4. The van der Waals surface area contributed by atoms with Gasteiger partial charge in [0.2, 0.25) is 0 Å². The molecule has 1 saturated heterocycles. The van der Waals surface area contributed by atoms with Crippen LogP contribution >= 0.6 is 11.3 Å². The molecule has 3 aromatic rings. The molecule has 1 aliphatic heterocycles. The molecule has 4 rings (SSSR count). The highest BCUT2D eigenvalue weighted by Crippen LogP contribution is 2.31. The normalized spacial score (nSPS) is 19.1. The lowest BCUT2D eigenvalue weighted by molar-refractivity contribution is 0.0391. The molecule has 0 unspecified atom stereocenters. The third kappa shape index (κ3) is 2.84. The predicted octanol–water partition coefficient (Wildman–Crippen LogP) is 1.85. The number of ether oxygens (including phenoxy) is 1. The number of hydrogen-bond donors (Lipinski definition) is 0. The first-order chi connectivity index (χ1) is 11.5. The van der Waals surface area contributed by atoms with E-state index in [9.17, 15) is 0 Å². The smallest absolute Gasteiger partial charge is 0.200 e. The molecule has 1 atom stereocenters. The van der Waals surface area contributed by atoms with Gasteiger partial charge in [-0.2, -0.15) is 0 Å². The van der Waals surface area contributed by atoms with E-state index in [0.29, 0.717) is 12.3 Å². The van der Waals surface area contributed by atoms with Crippen LogP contribution in [0.15, 0.2) is 17.5 Å². The van der Waals surface area contributed by atoms with Gasteiger partial charge in [0.05, 0.1) is 18.8 Å². The summed E-state index contributed by atoms with van der Waals surface area (Å²) in [5.74, 6) is 0.843. The van der Waals surface area contributed by atoms with Crippen LogP contribution in [0.1, 0.15) is 37.6 Å². The Balaban J connectivity index is 1.56. The summed E-state index contributed by atoms with van der Waals surface area (Å²) in [6.45, 7) is 8.66. The van der Waals surface area contributed by atoms with Crippen molar-refractivity contribution in [1.29, 1.82) is 0 Å². The van der Waals surface area contributed by atoms with Gasteiger partial charge in [0.25, 0.3) is 0 Å². The highest BCUT2D eigenvalue weighted by atomic mass is 32.1. The van der Waals surface area contributed by atoms with Gasteiger partial charge in [-0.05, 0) is 22.6 Å². The van der Waals surface area contributed by atoms with Crippen LogP contribution < -0.4 is 4.90 Å². The topological polar surface area (TPSA) is 81.3 Å². The maximum absolute atomic E-state index is 5.95. The second kappa shape index (κ2) is 5.75. The third-order valence-electron chi connectivity index (χ3n) is 4.01. The molecular formula is C15H19N7OS. The van der Waals surface area contributed by atoms with Gasteiger partial charge in [0.1, 0.15) is 11.1 Å². The van der Waals surface area contributed by atoms with Crippen LogP contribution in [-0.4, -0.2) is 49.9 Å². The van der Waals surface area contributed by atoms with E-state index in [0.717, 1.165) is 29.6 Å². The molecule has 4 heterocycles. The maximum Gasteiger partial charge on any atom is 0.200 e. The van der Waals surface area contributed by atoms with Crippen molar-refractivity contribution in [2.24, 2.45) is 0 Å². The van der Waals surface area contributed by atoms with Crippen LogP contribution in [0.5, 0.6) is 0 Å². The summed E-state index contributed by atoms with van der Waals surface area (Å²) < 4.78 is 7.39. The van der Waals surface area contributed by atoms with Crippen LogP contribution in [0.4, 0.5) is 5.82 Å². The first-order valence-corrected chi connectivity index (χ1v) is 8.76. The minimum Gasteiger partial charge on any atom is -0.367 e. The number of thiazole rings is 1. The number of fused-ring (bicyclic) bond motifs is 1. The fraction of sp³-hybridized carbons (Fsp3) is 0.533. The lowest BCUT2D eigenvalue weighted by Crippen LogP contribution is -2.39. The molecule has 9 heteroatoms. The van der Waals surface area contributed by atoms with Crippen LogP contribution in [0.2, 0.25) is 0 Å². The second-order valence-electron chi connectivity index (χ2n) is 6.84. The Morgan fingerprint density at radius 1 is 1.29 bits per heavy atom. The van der Waals surface area contributed by atoms with Crippen molar-refractivity contribution < 1.29 is 4.74 Å². The largest absolute Gasteiger partial charge is 0.367 e. The number of hydrogen-bond acceptors (Lipinski definition) is 8. The van der Waals surface area contributed by atoms with Gasteiger partial charge < -0.3 is 9.64 Å². The number of nitrogens with zero attached hydrogens (tertiary/aromatic N) is 7. The van der Waals surface area contributed by atoms with Gasteiger partial charge in [0.15, 0.2) is 11.5 Å². The molecule has 3 aromatic heterocycles. The van der Waals surface area contributed by atoms with E-state index in [2.05, 4.69) is 51.7 Å². The summed E-state index contributed by atoms with van der Waals surface area (Å²) in [5, 5.41) is 19.0. The zero-order valence-corrected chi connectivity index (χ0v) is 14.7. The maximum atomic E-state index is 5.95. The summed E-state index contributed by atoms with van der Waals surface area (Å²) >= 11 is 1.66. The molecule has 1 fully saturated rings. The van der Waals surface area contributed by atoms with Crippen molar-refractivity contribution in [2.45, 2.75) is 32.3 Å². The molecule has 126 valence electrons. The Labute approximate surface area is 143 Å². The Bertz CT molecular complexity index is 853. The zero-order chi connectivity index (χ0) is 16.7. The van der Waals surface area contributed by atoms with Crippen molar-refractivity contribution in [3.8, 4) is 0 Å². The molecule has 0 N–H and O–H groups in total. The average Bonchev–Trinajstić information content (AvgIpc) is 3.23. The second-order valence-corrected chi connectivity index (χ2v) is 7.73. The van der Waals surface area contributed by atoms with E-state index in [1.165, 1.54) is 4.63 Å². The van der Waals surface area contributed by atoms with Crippen molar-refractivity contribution >= 4 is 22.8 Å². The minimum atomic E-state index is -0.0359. The highest BCUT2D eigenvalue weighted by molar-refractivity contribution is 7.09. The molecule has 0 radical (unpaired) electrons. The lowest BCUT2D eigenvalue weighted by atomic mass is 9.93. The van der Waals surface area contributed by atoms with Gasteiger partial charge >= 0.3 is 0 Å². The molecule has 8 nitrogen and oxygen atoms in total. The number of aromatic nitrogens is 6. The average molecular weight is 345 g/mol. The van der Waals surface area contributed by atoms with E-state index in [1.54, 1.807) is 11.3 Å². The SMILES string of the molecule is CC(C)(C)c1csc([C@H]2CN(c3ccc4nnnn4n3)CCO2)n1. The van der Waals surface area contributed by atoms with Gasteiger partial charge in [-0.3, -0.25) is 0 Å². The summed E-state index contributed by atoms with van der Waals surface area (Å²) in [7, 11) is 0. The van der Waals surface area contributed by atoms with Crippen LogP contribution in [0, 0.1) is 0 Å². The Morgan fingerprint density at radius 3 is 2.96 bits per heavy atom. The Morgan fingerprint density at radius 2 is 2.17 bits per heavy atom. The van der Waals surface area contributed by atoms with Crippen molar-refractivity contribution in [3.63, 3.8) is 0 Å². The van der Waals surface area contributed by atoms with E-state index in [-0.39, 0.29) is 11.5 Å². The van der Waals surface area contributed by atoms with Crippen LogP contribution in [0.3, 0.4) is 0 Å². The standard InChI is InChI=1S/C15H19N7OS/c1-15(2,3)11-9-24-14(16-11)10-8-21(6-7-23-10)13-5-4-12-17-19-20-22(12)18-13/h4-5,9-10H,6-8H2,1-3H3/t10-/m1/s1. The van der Waals surface area contributed by atoms with Crippen molar-refractivity contribution in [3.05, 3.63) is 28.2 Å². The minimum absolute atomic E-state index is 0.0359. The molecular weight excluding hydrogens is 326 g/mol. The number of morpholine rings is 1. The summed E-state index contributed by atoms with van der Waals surface area (Å²) in [4.78, 5) is 6.97. The fourth-order valence-corrected chi connectivity index (χ4v) is 3.68. The highest BCUT2D eigenvalue weighted by Gasteiger charge is 2.27. The van der Waals surface area contributed by atoms with Gasteiger partial charge in [-0.15, -0.1) is 26.2 Å². The summed E-state index contributed by atoms with van der Waals surface area (Å²) in [5.41, 5.74) is 1.80.